The molecule has 0 aliphatic carbocycles. The average molecular weight is 287 g/mol. The summed E-state index contributed by atoms with van der Waals surface area (Å²) in [6, 6.07) is 6.04. The van der Waals surface area contributed by atoms with Gasteiger partial charge >= 0.3 is 0 Å². The number of carbonyl (C=O) groups is 1. The summed E-state index contributed by atoms with van der Waals surface area (Å²) in [5.74, 6) is -0.477. The van der Waals surface area contributed by atoms with Gasteiger partial charge in [-0.2, -0.15) is 5.10 Å². The third kappa shape index (κ3) is 3.78. The molecule has 1 N–H and O–H groups in total. The van der Waals surface area contributed by atoms with E-state index < -0.39 is 0 Å². The third-order valence-electron chi connectivity index (χ3n) is 3.35. The van der Waals surface area contributed by atoms with E-state index in [-0.39, 0.29) is 11.7 Å². The minimum Gasteiger partial charge on any atom is -0.348 e. The molecular formula is C16H18FN3O. The second-order valence-corrected chi connectivity index (χ2v) is 4.89. The predicted molar refractivity (Wildman–Crippen MR) is 80.0 cm³/mol. The molecule has 0 saturated heterocycles. The summed E-state index contributed by atoms with van der Waals surface area (Å²) in [6.45, 7) is 4.23. The number of hydrogen-bond acceptors (Lipinski definition) is 2. The zero-order chi connectivity index (χ0) is 15.4. The third-order valence-corrected chi connectivity index (χ3v) is 3.35. The Morgan fingerprint density at radius 1 is 1.33 bits per heavy atom. The van der Waals surface area contributed by atoms with E-state index in [9.17, 15) is 9.18 Å². The molecule has 1 amide bonds. The monoisotopic (exact) mass is 287 g/mol. The van der Waals surface area contributed by atoms with E-state index in [1.54, 1.807) is 22.9 Å². The van der Waals surface area contributed by atoms with Crippen molar-refractivity contribution in [1.82, 2.24) is 15.1 Å². The highest BCUT2D eigenvalue weighted by Crippen LogP contribution is 2.13. The fraction of sp³-hybridized carbons (Fsp3) is 0.250. The quantitative estimate of drug-likeness (QED) is 0.878. The van der Waals surface area contributed by atoms with Gasteiger partial charge < -0.3 is 5.32 Å². The summed E-state index contributed by atoms with van der Waals surface area (Å²) in [5, 5.41) is 7.05. The van der Waals surface area contributed by atoms with Crippen LogP contribution in [0.4, 0.5) is 4.39 Å². The van der Waals surface area contributed by atoms with Crippen molar-refractivity contribution in [2.45, 2.75) is 20.4 Å². The molecule has 0 unspecified atom stereocenters. The van der Waals surface area contributed by atoms with Crippen molar-refractivity contribution in [2.24, 2.45) is 7.05 Å². The van der Waals surface area contributed by atoms with E-state index >= 15 is 0 Å². The van der Waals surface area contributed by atoms with Gasteiger partial charge in [-0.3, -0.25) is 9.48 Å². The van der Waals surface area contributed by atoms with Crippen LogP contribution in [0.2, 0.25) is 0 Å². The molecule has 0 aliphatic rings. The molecule has 0 spiro atoms. The van der Waals surface area contributed by atoms with Crippen LogP contribution in [0.15, 0.2) is 30.3 Å². The van der Waals surface area contributed by atoms with Crippen LogP contribution >= 0.6 is 0 Å². The number of rotatable bonds is 4. The number of benzene rings is 1. The summed E-state index contributed by atoms with van der Waals surface area (Å²) >= 11 is 0. The first-order chi connectivity index (χ1) is 9.97. The molecule has 110 valence electrons. The van der Waals surface area contributed by atoms with E-state index in [4.69, 9.17) is 0 Å². The molecule has 0 aliphatic heterocycles. The van der Waals surface area contributed by atoms with Gasteiger partial charge in [0, 0.05) is 30.9 Å². The molecule has 0 bridgehead atoms. The van der Waals surface area contributed by atoms with E-state index in [2.05, 4.69) is 10.4 Å². The summed E-state index contributed by atoms with van der Waals surface area (Å²) in [7, 11) is 1.87. The van der Waals surface area contributed by atoms with Gasteiger partial charge in [0.1, 0.15) is 5.82 Å². The van der Waals surface area contributed by atoms with E-state index in [1.165, 1.54) is 18.2 Å². The number of aryl methyl sites for hydroxylation is 2. The molecule has 0 radical (unpaired) electrons. The van der Waals surface area contributed by atoms with Crippen molar-refractivity contribution in [3.05, 3.63) is 58.7 Å². The fourth-order valence-electron chi connectivity index (χ4n) is 2.04. The molecule has 1 heterocycles. The Morgan fingerprint density at radius 2 is 2.00 bits per heavy atom. The fourth-order valence-corrected chi connectivity index (χ4v) is 2.04. The van der Waals surface area contributed by atoms with Crippen LogP contribution in [0.5, 0.6) is 0 Å². The average Bonchev–Trinajstić information content (AvgIpc) is 2.69. The largest absolute Gasteiger partial charge is 0.348 e. The van der Waals surface area contributed by atoms with Gasteiger partial charge in [0.25, 0.3) is 0 Å². The molecular weight excluding hydrogens is 269 g/mol. The topological polar surface area (TPSA) is 46.9 Å². The maximum Gasteiger partial charge on any atom is 0.244 e. The Kier molecular flexibility index (Phi) is 4.52. The minimum absolute atomic E-state index is 0.193. The van der Waals surface area contributed by atoms with Crippen molar-refractivity contribution >= 4 is 12.0 Å². The number of aromatic nitrogens is 2. The first-order valence-electron chi connectivity index (χ1n) is 6.68. The van der Waals surface area contributed by atoms with E-state index in [0.29, 0.717) is 6.54 Å². The lowest BCUT2D eigenvalue weighted by atomic mass is 10.2. The van der Waals surface area contributed by atoms with Gasteiger partial charge in [0.15, 0.2) is 0 Å². The smallest absolute Gasteiger partial charge is 0.244 e. The molecule has 0 atom stereocenters. The molecule has 21 heavy (non-hydrogen) atoms. The van der Waals surface area contributed by atoms with Crippen molar-refractivity contribution < 1.29 is 9.18 Å². The van der Waals surface area contributed by atoms with Gasteiger partial charge in [-0.05, 0) is 37.6 Å². The van der Waals surface area contributed by atoms with Gasteiger partial charge in [-0.25, -0.2) is 4.39 Å². The normalized spacial score (nSPS) is 11.0. The second-order valence-electron chi connectivity index (χ2n) is 4.89. The molecule has 5 heteroatoms. The van der Waals surface area contributed by atoms with Crippen molar-refractivity contribution in [3.8, 4) is 0 Å². The van der Waals surface area contributed by atoms with Gasteiger partial charge in [-0.15, -0.1) is 0 Å². The zero-order valence-electron chi connectivity index (χ0n) is 12.4. The molecule has 0 saturated carbocycles. The van der Waals surface area contributed by atoms with Crippen LogP contribution in [0.1, 0.15) is 22.5 Å². The first-order valence-corrected chi connectivity index (χ1v) is 6.68. The van der Waals surface area contributed by atoms with E-state index in [0.717, 1.165) is 22.5 Å². The molecule has 0 fully saturated rings. The Bertz CT molecular complexity index is 672. The van der Waals surface area contributed by atoms with Crippen LogP contribution < -0.4 is 5.32 Å². The molecule has 1 aromatic heterocycles. The lowest BCUT2D eigenvalue weighted by molar-refractivity contribution is -0.116. The van der Waals surface area contributed by atoms with Crippen LogP contribution in [-0.4, -0.2) is 15.7 Å². The molecule has 4 nitrogen and oxygen atoms in total. The highest BCUT2D eigenvalue weighted by Gasteiger charge is 2.06. The second kappa shape index (κ2) is 6.35. The lowest BCUT2D eigenvalue weighted by Gasteiger charge is -2.02. The van der Waals surface area contributed by atoms with Crippen LogP contribution in [0.25, 0.3) is 6.08 Å². The number of nitrogens with one attached hydrogen (secondary N) is 1. The summed E-state index contributed by atoms with van der Waals surface area (Å²) in [5.41, 5.74) is 3.70. The van der Waals surface area contributed by atoms with Gasteiger partial charge in [0.05, 0.1) is 5.69 Å². The summed E-state index contributed by atoms with van der Waals surface area (Å²) < 4.78 is 14.5. The number of halogens is 1. The maximum atomic E-state index is 12.8. The van der Waals surface area contributed by atoms with Gasteiger partial charge in [0.2, 0.25) is 5.91 Å². The summed E-state index contributed by atoms with van der Waals surface area (Å²) in [6.07, 6.45) is 3.25. The predicted octanol–water partition coefficient (Wildman–Crippen LogP) is 2.51. The highest BCUT2D eigenvalue weighted by atomic mass is 19.1. The number of hydrogen-bond donors (Lipinski definition) is 1. The standard InChI is InChI=1S/C16H18FN3O/c1-11-15(12(2)20(3)19-11)8-9-16(21)18-10-13-4-6-14(17)7-5-13/h4-9H,10H2,1-3H3,(H,18,21)/b9-8+. The zero-order valence-corrected chi connectivity index (χ0v) is 12.4. The maximum absolute atomic E-state index is 12.8. The number of carbonyl (C=O) groups excluding carboxylic acids is 1. The number of nitrogens with zero attached hydrogens (tertiary/aromatic N) is 2. The summed E-state index contributed by atoms with van der Waals surface area (Å²) in [4.78, 5) is 11.8. The van der Waals surface area contributed by atoms with Gasteiger partial charge in [-0.1, -0.05) is 12.1 Å². The number of amides is 1. The Labute approximate surface area is 123 Å². The van der Waals surface area contributed by atoms with Crippen LogP contribution in [0.3, 0.4) is 0 Å². The lowest BCUT2D eigenvalue weighted by Crippen LogP contribution is -2.20. The minimum atomic E-state index is -0.285. The SMILES string of the molecule is Cc1nn(C)c(C)c1/C=C/C(=O)NCc1ccc(F)cc1. The van der Waals surface area contributed by atoms with Crippen molar-refractivity contribution in [3.63, 3.8) is 0 Å². The van der Waals surface area contributed by atoms with Crippen molar-refractivity contribution in [1.29, 1.82) is 0 Å². The molecule has 2 rings (SSSR count). The molecule has 2 aromatic rings. The highest BCUT2D eigenvalue weighted by molar-refractivity contribution is 5.91. The van der Waals surface area contributed by atoms with Crippen LogP contribution in [0, 0.1) is 19.7 Å². The first kappa shape index (κ1) is 15.0. The Hall–Kier alpha value is -2.43. The van der Waals surface area contributed by atoms with Crippen LogP contribution in [-0.2, 0) is 18.4 Å². The Morgan fingerprint density at radius 3 is 2.57 bits per heavy atom. The van der Waals surface area contributed by atoms with E-state index in [1.807, 2.05) is 20.9 Å². The Balaban J connectivity index is 1.95. The van der Waals surface area contributed by atoms with Crippen molar-refractivity contribution in [2.75, 3.05) is 0 Å². The molecule has 1 aromatic carbocycles.